The maximum absolute atomic E-state index is 13.1. The third-order valence-electron chi connectivity index (χ3n) is 3.69. The molecule has 1 saturated heterocycles. The summed E-state index contributed by atoms with van der Waals surface area (Å²) in [7, 11) is 0. The summed E-state index contributed by atoms with van der Waals surface area (Å²) in [6.07, 6.45) is 0.957. The van der Waals surface area contributed by atoms with Crippen LogP contribution >= 0.6 is 15.9 Å². The lowest BCUT2D eigenvalue weighted by molar-refractivity contribution is -0.0494. The molecule has 2 aromatic rings. The molecule has 6 heteroatoms. The van der Waals surface area contributed by atoms with E-state index < -0.39 is 5.92 Å². The molecular weight excluding hydrogens is 342 g/mol. The molecule has 0 N–H and O–H groups in total. The monoisotopic (exact) mass is 354 g/mol. The number of aromatic nitrogens is 1. The standard InChI is InChI=1S/C15H13BrF2N2O/c16-12-3-1-2-10-8-11(9-19-13(10)12)14(21)20-6-4-15(17,18)5-7-20/h1-3,8-9H,4-7H2. The zero-order valence-corrected chi connectivity index (χ0v) is 12.7. The molecule has 21 heavy (non-hydrogen) atoms. The Hall–Kier alpha value is -1.56. The van der Waals surface area contributed by atoms with Gasteiger partial charge in [0.1, 0.15) is 0 Å². The van der Waals surface area contributed by atoms with Crippen LogP contribution in [0.5, 0.6) is 0 Å². The fourth-order valence-corrected chi connectivity index (χ4v) is 2.94. The van der Waals surface area contributed by atoms with Crippen LogP contribution in [-0.2, 0) is 0 Å². The van der Waals surface area contributed by atoms with Gasteiger partial charge in [0.05, 0.1) is 11.1 Å². The third-order valence-corrected chi connectivity index (χ3v) is 4.33. The van der Waals surface area contributed by atoms with E-state index in [9.17, 15) is 13.6 Å². The van der Waals surface area contributed by atoms with E-state index in [0.29, 0.717) is 5.56 Å². The quantitative estimate of drug-likeness (QED) is 0.778. The van der Waals surface area contributed by atoms with Gasteiger partial charge in [-0.25, -0.2) is 8.78 Å². The van der Waals surface area contributed by atoms with Gasteiger partial charge in [-0.05, 0) is 28.1 Å². The average Bonchev–Trinajstić information content (AvgIpc) is 2.46. The molecule has 0 saturated carbocycles. The lowest BCUT2D eigenvalue weighted by Crippen LogP contribution is -2.42. The van der Waals surface area contributed by atoms with Crippen molar-refractivity contribution < 1.29 is 13.6 Å². The Balaban J connectivity index is 1.85. The van der Waals surface area contributed by atoms with Gasteiger partial charge in [-0.1, -0.05) is 12.1 Å². The van der Waals surface area contributed by atoms with E-state index in [0.717, 1.165) is 15.4 Å². The van der Waals surface area contributed by atoms with Gasteiger partial charge >= 0.3 is 0 Å². The van der Waals surface area contributed by atoms with Crippen molar-refractivity contribution in [3.8, 4) is 0 Å². The number of nitrogens with zero attached hydrogens (tertiary/aromatic N) is 2. The highest BCUT2D eigenvalue weighted by Gasteiger charge is 2.35. The van der Waals surface area contributed by atoms with Gasteiger partial charge in [0, 0.05) is 42.0 Å². The SMILES string of the molecule is O=C(c1cnc2c(Br)cccc2c1)N1CCC(F)(F)CC1. The predicted molar refractivity (Wildman–Crippen MR) is 79.5 cm³/mol. The van der Waals surface area contributed by atoms with E-state index in [1.165, 1.54) is 11.1 Å². The number of alkyl halides is 2. The smallest absolute Gasteiger partial charge is 0.255 e. The molecule has 2 heterocycles. The van der Waals surface area contributed by atoms with Crippen LogP contribution in [-0.4, -0.2) is 34.8 Å². The minimum absolute atomic E-state index is 0.0857. The largest absolute Gasteiger partial charge is 0.338 e. The number of likely N-dealkylation sites (tertiary alicyclic amines) is 1. The summed E-state index contributed by atoms with van der Waals surface area (Å²) < 4.78 is 27.1. The van der Waals surface area contributed by atoms with Crippen LogP contribution in [0.15, 0.2) is 34.9 Å². The number of pyridine rings is 1. The van der Waals surface area contributed by atoms with E-state index in [1.54, 1.807) is 6.07 Å². The van der Waals surface area contributed by atoms with Crippen LogP contribution < -0.4 is 0 Å². The summed E-state index contributed by atoms with van der Waals surface area (Å²) in [5.74, 6) is -2.89. The zero-order chi connectivity index (χ0) is 15.0. The number of benzene rings is 1. The molecule has 0 bridgehead atoms. The molecule has 0 radical (unpaired) electrons. The maximum Gasteiger partial charge on any atom is 0.255 e. The molecule has 110 valence electrons. The summed E-state index contributed by atoms with van der Waals surface area (Å²) in [6, 6.07) is 7.36. The second-order valence-corrected chi connectivity index (χ2v) is 6.04. The number of carbonyl (C=O) groups is 1. The third kappa shape index (κ3) is 2.90. The van der Waals surface area contributed by atoms with E-state index in [-0.39, 0.29) is 31.8 Å². The topological polar surface area (TPSA) is 33.2 Å². The van der Waals surface area contributed by atoms with Crippen molar-refractivity contribution in [2.45, 2.75) is 18.8 Å². The van der Waals surface area contributed by atoms with E-state index >= 15 is 0 Å². The van der Waals surface area contributed by atoms with Crippen LogP contribution in [0.2, 0.25) is 0 Å². The predicted octanol–water partition coefficient (Wildman–Crippen LogP) is 3.87. The Kier molecular flexibility index (Phi) is 3.65. The summed E-state index contributed by atoms with van der Waals surface area (Å²) in [5.41, 5.74) is 1.21. The minimum atomic E-state index is -2.65. The lowest BCUT2D eigenvalue weighted by atomic mass is 10.1. The van der Waals surface area contributed by atoms with Crippen LogP contribution in [0.3, 0.4) is 0 Å². The van der Waals surface area contributed by atoms with Crippen molar-refractivity contribution in [1.29, 1.82) is 0 Å². The van der Waals surface area contributed by atoms with Crippen LogP contribution in [0.1, 0.15) is 23.2 Å². The van der Waals surface area contributed by atoms with Crippen molar-refractivity contribution in [3.63, 3.8) is 0 Å². The molecule has 0 aliphatic carbocycles. The number of carbonyl (C=O) groups excluding carboxylic acids is 1. The van der Waals surface area contributed by atoms with Crippen molar-refractivity contribution in [1.82, 2.24) is 9.88 Å². The second-order valence-electron chi connectivity index (χ2n) is 5.18. The van der Waals surface area contributed by atoms with Crippen molar-refractivity contribution >= 4 is 32.7 Å². The van der Waals surface area contributed by atoms with Crippen molar-refractivity contribution in [2.75, 3.05) is 13.1 Å². The van der Waals surface area contributed by atoms with Gasteiger partial charge in [0.25, 0.3) is 11.8 Å². The molecule has 3 nitrogen and oxygen atoms in total. The first-order valence-corrected chi connectivity index (χ1v) is 7.47. The molecule has 0 unspecified atom stereocenters. The van der Waals surface area contributed by atoms with Crippen molar-refractivity contribution in [2.24, 2.45) is 0 Å². The fourth-order valence-electron chi connectivity index (χ4n) is 2.46. The molecule has 1 fully saturated rings. The number of hydrogen-bond acceptors (Lipinski definition) is 2. The normalized spacial score (nSPS) is 18.0. The van der Waals surface area contributed by atoms with Gasteiger partial charge < -0.3 is 4.90 Å². The Morgan fingerprint density at radius 3 is 2.71 bits per heavy atom. The molecule has 1 amide bonds. The first-order chi connectivity index (χ1) is 9.96. The first-order valence-electron chi connectivity index (χ1n) is 6.68. The van der Waals surface area contributed by atoms with Gasteiger partial charge in [-0.3, -0.25) is 9.78 Å². The lowest BCUT2D eigenvalue weighted by Gasteiger charge is -2.31. The van der Waals surface area contributed by atoms with Crippen LogP contribution in [0.4, 0.5) is 8.78 Å². The Morgan fingerprint density at radius 1 is 1.29 bits per heavy atom. The number of fused-ring (bicyclic) bond motifs is 1. The number of amides is 1. The van der Waals surface area contributed by atoms with Gasteiger partial charge in [0.15, 0.2) is 0 Å². The summed E-state index contributed by atoms with van der Waals surface area (Å²) in [6.45, 7) is 0.171. The number of para-hydroxylation sites is 1. The van der Waals surface area contributed by atoms with Gasteiger partial charge in [0.2, 0.25) is 0 Å². The molecule has 1 aliphatic rings. The fraction of sp³-hybridized carbons (Fsp3) is 0.333. The number of halogens is 3. The highest BCUT2D eigenvalue weighted by atomic mass is 79.9. The highest BCUT2D eigenvalue weighted by molar-refractivity contribution is 9.10. The summed E-state index contributed by atoms with van der Waals surface area (Å²) in [4.78, 5) is 18.1. The number of hydrogen-bond donors (Lipinski definition) is 0. The van der Waals surface area contributed by atoms with Gasteiger partial charge in [-0.15, -0.1) is 0 Å². The average molecular weight is 355 g/mol. The second kappa shape index (κ2) is 5.33. The zero-order valence-electron chi connectivity index (χ0n) is 11.2. The summed E-state index contributed by atoms with van der Waals surface area (Å²) in [5, 5.41) is 0.845. The first kappa shape index (κ1) is 14.4. The van der Waals surface area contributed by atoms with Crippen LogP contribution in [0, 0.1) is 0 Å². The summed E-state index contributed by atoms with van der Waals surface area (Å²) >= 11 is 3.41. The number of piperidine rings is 1. The van der Waals surface area contributed by atoms with E-state index in [4.69, 9.17) is 0 Å². The van der Waals surface area contributed by atoms with Crippen molar-refractivity contribution in [3.05, 3.63) is 40.5 Å². The maximum atomic E-state index is 13.1. The number of rotatable bonds is 1. The minimum Gasteiger partial charge on any atom is -0.338 e. The Labute approximate surface area is 129 Å². The molecule has 1 aromatic carbocycles. The van der Waals surface area contributed by atoms with Crippen LogP contribution in [0.25, 0.3) is 10.9 Å². The molecule has 0 spiro atoms. The Bertz CT molecular complexity index is 695. The molecule has 3 rings (SSSR count). The molecule has 1 aliphatic heterocycles. The molecule has 0 atom stereocenters. The molecule has 1 aromatic heterocycles. The van der Waals surface area contributed by atoms with E-state index in [1.807, 2.05) is 18.2 Å². The van der Waals surface area contributed by atoms with E-state index in [2.05, 4.69) is 20.9 Å². The molecular formula is C15H13BrF2N2O. The Morgan fingerprint density at radius 2 is 2.00 bits per heavy atom. The highest BCUT2D eigenvalue weighted by Crippen LogP contribution is 2.29. The van der Waals surface area contributed by atoms with Gasteiger partial charge in [-0.2, -0.15) is 0 Å².